The lowest BCUT2D eigenvalue weighted by Crippen LogP contribution is -2.39. The summed E-state index contributed by atoms with van der Waals surface area (Å²) in [6, 6.07) is 0. The van der Waals surface area contributed by atoms with Crippen LogP contribution in [0.15, 0.2) is 0 Å². The van der Waals surface area contributed by atoms with Crippen molar-refractivity contribution in [2.45, 2.75) is 65.8 Å². The number of hydrogen-bond acceptors (Lipinski definition) is 3. The van der Waals surface area contributed by atoms with E-state index in [1.165, 1.54) is 28.4 Å². The molecule has 1 rings (SSSR count). The van der Waals surface area contributed by atoms with E-state index in [9.17, 15) is 0 Å². The molecule has 0 saturated heterocycles. The second kappa shape index (κ2) is 6.50. The molecule has 1 N–H and O–H groups in total. The van der Waals surface area contributed by atoms with Gasteiger partial charge in [-0.25, -0.2) is 4.98 Å². The third-order valence-electron chi connectivity index (χ3n) is 3.21. The third-order valence-corrected chi connectivity index (χ3v) is 4.49. The normalized spacial score (nSPS) is 14.9. The van der Waals surface area contributed by atoms with Crippen molar-refractivity contribution in [3.63, 3.8) is 0 Å². The first kappa shape index (κ1) is 14.7. The summed E-state index contributed by atoms with van der Waals surface area (Å²) in [6.45, 7) is 12.2. The zero-order valence-corrected chi connectivity index (χ0v) is 12.7. The van der Waals surface area contributed by atoms with Crippen molar-refractivity contribution in [3.05, 3.63) is 15.6 Å². The van der Waals surface area contributed by atoms with Gasteiger partial charge in [0.1, 0.15) is 5.01 Å². The number of aryl methyl sites for hydroxylation is 2. The molecule has 2 nitrogen and oxygen atoms in total. The zero-order valence-electron chi connectivity index (χ0n) is 11.9. The van der Waals surface area contributed by atoms with E-state index in [4.69, 9.17) is 4.98 Å². The molecule has 1 unspecified atom stereocenters. The molecule has 0 fully saturated rings. The highest BCUT2D eigenvalue weighted by Crippen LogP contribution is 2.31. The molecule has 3 heteroatoms. The summed E-state index contributed by atoms with van der Waals surface area (Å²) in [4.78, 5) is 6.21. The van der Waals surface area contributed by atoms with E-state index in [-0.39, 0.29) is 5.54 Å². The van der Waals surface area contributed by atoms with Gasteiger partial charge in [0, 0.05) is 4.88 Å². The van der Waals surface area contributed by atoms with Crippen LogP contribution in [-0.2, 0) is 12.0 Å². The van der Waals surface area contributed by atoms with Gasteiger partial charge >= 0.3 is 0 Å². The average Bonchev–Trinajstić information content (AvgIpc) is 2.69. The van der Waals surface area contributed by atoms with Crippen LogP contribution in [0.25, 0.3) is 0 Å². The maximum Gasteiger partial charge on any atom is 0.113 e. The fraction of sp³-hybridized carbons (Fsp3) is 0.786. The Bertz CT molecular complexity index is 346. The number of nitrogens with zero attached hydrogens (tertiary/aromatic N) is 1. The first-order valence-corrected chi connectivity index (χ1v) is 7.60. The van der Waals surface area contributed by atoms with Crippen LogP contribution >= 0.6 is 11.3 Å². The molecule has 1 aromatic heterocycles. The van der Waals surface area contributed by atoms with Crippen LogP contribution in [-0.4, -0.2) is 11.5 Å². The molecule has 98 valence electrons. The van der Waals surface area contributed by atoms with E-state index >= 15 is 0 Å². The van der Waals surface area contributed by atoms with Gasteiger partial charge < -0.3 is 5.32 Å². The monoisotopic (exact) mass is 254 g/mol. The molecule has 17 heavy (non-hydrogen) atoms. The highest BCUT2D eigenvalue weighted by atomic mass is 32.1. The molecule has 0 aliphatic carbocycles. The second-order valence-electron chi connectivity index (χ2n) is 4.88. The van der Waals surface area contributed by atoms with Crippen LogP contribution in [0.3, 0.4) is 0 Å². The fourth-order valence-corrected chi connectivity index (χ4v) is 3.32. The van der Waals surface area contributed by atoms with Gasteiger partial charge in [0.2, 0.25) is 0 Å². The first-order chi connectivity index (χ1) is 8.07. The van der Waals surface area contributed by atoms with E-state index in [1.807, 2.05) is 11.3 Å². The lowest BCUT2D eigenvalue weighted by atomic mass is 9.96. The Morgan fingerprint density at radius 3 is 2.41 bits per heavy atom. The summed E-state index contributed by atoms with van der Waals surface area (Å²) in [5, 5.41) is 4.94. The molecule has 1 aromatic rings. The van der Waals surface area contributed by atoms with Crippen molar-refractivity contribution in [3.8, 4) is 0 Å². The van der Waals surface area contributed by atoms with Gasteiger partial charge in [-0.05, 0) is 39.7 Å². The second-order valence-corrected chi connectivity index (χ2v) is 6.09. The van der Waals surface area contributed by atoms with Crippen LogP contribution in [0.2, 0.25) is 0 Å². The molecule has 0 saturated carbocycles. The summed E-state index contributed by atoms with van der Waals surface area (Å²) in [5.41, 5.74) is 1.33. The minimum atomic E-state index is 0.0631. The molecular weight excluding hydrogens is 228 g/mol. The number of thiazole rings is 1. The van der Waals surface area contributed by atoms with Crippen LogP contribution < -0.4 is 5.32 Å². The van der Waals surface area contributed by atoms with Crippen molar-refractivity contribution in [2.75, 3.05) is 6.54 Å². The van der Waals surface area contributed by atoms with Crippen molar-refractivity contribution in [2.24, 2.45) is 0 Å². The van der Waals surface area contributed by atoms with Crippen LogP contribution in [0.1, 0.15) is 62.5 Å². The summed E-state index contributed by atoms with van der Waals surface area (Å²) in [5.74, 6) is 0. The Kier molecular flexibility index (Phi) is 5.60. The fourth-order valence-electron chi connectivity index (χ4n) is 2.16. The lowest BCUT2D eigenvalue weighted by molar-refractivity contribution is 0.335. The van der Waals surface area contributed by atoms with Crippen molar-refractivity contribution >= 4 is 11.3 Å². The van der Waals surface area contributed by atoms with E-state index in [0.29, 0.717) is 0 Å². The number of nitrogens with one attached hydrogen (secondary N) is 1. The van der Waals surface area contributed by atoms with Gasteiger partial charge in [-0.3, -0.25) is 0 Å². The van der Waals surface area contributed by atoms with Gasteiger partial charge in [-0.15, -0.1) is 11.3 Å². The Hall–Kier alpha value is -0.410. The first-order valence-electron chi connectivity index (χ1n) is 6.79. The lowest BCUT2D eigenvalue weighted by Gasteiger charge is -2.28. The SMILES string of the molecule is CCCNC(C)(CCC)c1nc(CC)c(C)s1. The average molecular weight is 254 g/mol. The topological polar surface area (TPSA) is 24.9 Å². The number of rotatable bonds is 7. The Labute approximate surface area is 110 Å². The zero-order chi connectivity index (χ0) is 12.9. The van der Waals surface area contributed by atoms with Crippen molar-refractivity contribution in [1.29, 1.82) is 0 Å². The molecule has 0 amide bonds. The highest BCUT2D eigenvalue weighted by molar-refractivity contribution is 7.11. The maximum absolute atomic E-state index is 4.83. The summed E-state index contributed by atoms with van der Waals surface area (Å²) in [6.07, 6.45) is 4.55. The number of hydrogen-bond donors (Lipinski definition) is 1. The van der Waals surface area contributed by atoms with Crippen LogP contribution in [0.5, 0.6) is 0 Å². The summed E-state index contributed by atoms with van der Waals surface area (Å²) < 4.78 is 0. The van der Waals surface area contributed by atoms with E-state index < -0.39 is 0 Å². The Balaban J connectivity index is 2.95. The predicted octanol–water partition coefficient (Wildman–Crippen LogP) is 4.03. The van der Waals surface area contributed by atoms with Crippen molar-refractivity contribution in [1.82, 2.24) is 10.3 Å². The van der Waals surface area contributed by atoms with Gasteiger partial charge in [-0.2, -0.15) is 0 Å². The molecule has 0 aliphatic rings. The largest absolute Gasteiger partial charge is 0.306 e. The minimum Gasteiger partial charge on any atom is -0.306 e. The minimum absolute atomic E-state index is 0.0631. The molecule has 1 atom stereocenters. The third kappa shape index (κ3) is 3.52. The summed E-state index contributed by atoms with van der Waals surface area (Å²) >= 11 is 1.86. The standard InChI is InChI=1S/C14H26N2S/c1-6-9-14(5,15-10-7-2)13-16-12(8-3)11(4)17-13/h15H,6-10H2,1-5H3. The van der Waals surface area contributed by atoms with Crippen LogP contribution in [0, 0.1) is 6.92 Å². The molecule has 0 radical (unpaired) electrons. The number of aromatic nitrogens is 1. The molecular formula is C14H26N2S. The van der Waals surface area contributed by atoms with Gasteiger partial charge in [0.15, 0.2) is 0 Å². The maximum atomic E-state index is 4.83. The van der Waals surface area contributed by atoms with E-state index in [1.54, 1.807) is 0 Å². The molecule has 0 aromatic carbocycles. The molecule has 1 heterocycles. The Morgan fingerprint density at radius 2 is 1.94 bits per heavy atom. The van der Waals surface area contributed by atoms with Crippen LogP contribution in [0.4, 0.5) is 0 Å². The van der Waals surface area contributed by atoms with Gasteiger partial charge in [0.25, 0.3) is 0 Å². The predicted molar refractivity (Wildman–Crippen MR) is 76.8 cm³/mol. The van der Waals surface area contributed by atoms with Crippen molar-refractivity contribution < 1.29 is 0 Å². The van der Waals surface area contributed by atoms with E-state index in [0.717, 1.165) is 19.4 Å². The molecule has 0 spiro atoms. The molecule has 0 bridgehead atoms. The van der Waals surface area contributed by atoms with E-state index in [2.05, 4.69) is 39.9 Å². The highest BCUT2D eigenvalue weighted by Gasteiger charge is 2.28. The smallest absolute Gasteiger partial charge is 0.113 e. The van der Waals surface area contributed by atoms with Gasteiger partial charge in [0.05, 0.1) is 11.2 Å². The van der Waals surface area contributed by atoms with Gasteiger partial charge in [-0.1, -0.05) is 27.2 Å². The molecule has 0 aliphatic heterocycles. The Morgan fingerprint density at radius 1 is 1.24 bits per heavy atom. The quantitative estimate of drug-likeness (QED) is 0.794. The summed E-state index contributed by atoms with van der Waals surface area (Å²) in [7, 11) is 0.